The molecule has 0 aliphatic carbocycles. The molecule has 144 valence electrons. The fraction of sp³-hybridized carbons (Fsp3) is 0.190. The summed E-state index contributed by atoms with van der Waals surface area (Å²) < 4.78 is 32.5. The Morgan fingerprint density at radius 2 is 1.64 bits per heavy atom. The van der Waals surface area contributed by atoms with E-state index in [0.717, 1.165) is 18.2 Å². The van der Waals surface area contributed by atoms with Crippen molar-refractivity contribution in [2.75, 3.05) is 13.1 Å². The number of fused-ring (bicyclic) bond motifs is 1. The van der Waals surface area contributed by atoms with Crippen molar-refractivity contribution >= 4 is 38.4 Å². The first-order valence-electron chi connectivity index (χ1n) is 8.96. The zero-order valence-corrected chi connectivity index (χ0v) is 16.5. The predicted molar refractivity (Wildman–Crippen MR) is 108 cm³/mol. The molecule has 1 aliphatic rings. The highest BCUT2D eigenvalue weighted by atomic mass is 35.5. The van der Waals surface area contributed by atoms with Gasteiger partial charge in [-0.05, 0) is 43.2 Å². The molecule has 3 aromatic carbocycles. The van der Waals surface area contributed by atoms with Crippen molar-refractivity contribution in [3.63, 3.8) is 0 Å². The van der Waals surface area contributed by atoms with Crippen LogP contribution in [-0.2, 0) is 10.0 Å². The topological polar surface area (TPSA) is 63.7 Å². The van der Waals surface area contributed by atoms with Crippen LogP contribution in [0.4, 0.5) is 0 Å². The fourth-order valence-electron chi connectivity index (χ4n) is 3.34. The van der Waals surface area contributed by atoms with Crippen LogP contribution in [0, 0.1) is 0 Å². The largest absolute Gasteiger partial charge is 0.422 e. The molecule has 0 radical (unpaired) electrons. The summed E-state index contributed by atoms with van der Waals surface area (Å²) in [4.78, 5) is 12.8. The number of halogens is 1. The quantitative estimate of drug-likeness (QED) is 0.465. The van der Waals surface area contributed by atoms with Crippen LogP contribution in [-0.4, -0.2) is 31.8 Å². The molecule has 0 N–H and O–H groups in total. The van der Waals surface area contributed by atoms with Crippen molar-refractivity contribution in [1.82, 2.24) is 4.31 Å². The van der Waals surface area contributed by atoms with Crippen molar-refractivity contribution in [3.05, 3.63) is 71.2 Å². The number of hydrogen-bond donors (Lipinski definition) is 0. The van der Waals surface area contributed by atoms with Crippen LogP contribution >= 0.6 is 11.6 Å². The lowest BCUT2D eigenvalue weighted by atomic mass is 10.1. The molecular formula is C21H18ClNO4S. The minimum Gasteiger partial charge on any atom is -0.422 e. The average molecular weight is 416 g/mol. The minimum absolute atomic E-state index is 0.102. The van der Waals surface area contributed by atoms with Gasteiger partial charge in [-0.3, -0.25) is 0 Å². The summed E-state index contributed by atoms with van der Waals surface area (Å²) in [5.74, 6) is -0.247. The predicted octanol–water partition coefficient (Wildman–Crippen LogP) is 4.50. The van der Waals surface area contributed by atoms with E-state index in [0.29, 0.717) is 29.2 Å². The standard InChI is InChI=1S/C21H18ClNO4S/c22-19-10-11-20(18-9-2-1-8-17(18)19)27-21(24)15-6-5-7-16(14-15)28(25,26)23-12-3-4-13-23/h1-2,5-11,14H,3-4,12-13H2. The van der Waals surface area contributed by atoms with Crippen LogP contribution in [0.3, 0.4) is 0 Å². The van der Waals surface area contributed by atoms with Crippen molar-refractivity contribution in [2.45, 2.75) is 17.7 Å². The van der Waals surface area contributed by atoms with Crippen molar-refractivity contribution in [3.8, 4) is 5.75 Å². The summed E-state index contributed by atoms with van der Waals surface area (Å²) >= 11 is 6.20. The van der Waals surface area contributed by atoms with Crippen molar-refractivity contribution in [2.24, 2.45) is 0 Å². The zero-order valence-electron chi connectivity index (χ0n) is 15.0. The highest BCUT2D eigenvalue weighted by Crippen LogP contribution is 2.32. The number of sulfonamides is 1. The number of ether oxygens (including phenoxy) is 1. The highest BCUT2D eigenvalue weighted by molar-refractivity contribution is 7.89. The molecule has 0 bridgehead atoms. The third-order valence-electron chi connectivity index (χ3n) is 4.81. The lowest BCUT2D eigenvalue weighted by molar-refractivity contribution is 0.0737. The average Bonchev–Trinajstić information content (AvgIpc) is 3.26. The number of carbonyl (C=O) groups is 1. The summed E-state index contributed by atoms with van der Waals surface area (Å²) in [7, 11) is -3.60. The van der Waals surface area contributed by atoms with Gasteiger partial charge < -0.3 is 4.74 Å². The van der Waals surface area contributed by atoms with Crippen molar-refractivity contribution in [1.29, 1.82) is 0 Å². The first kappa shape index (κ1) is 18.9. The Labute approximate surface area is 168 Å². The van der Waals surface area contributed by atoms with E-state index < -0.39 is 16.0 Å². The second kappa shape index (κ2) is 7.54. The number of carbonyl (C=O) groups excluding carboxylic acids is 1. The molecule has 1 aliphatic heterocycles. The van der Waals surface area contributed by atoms with Gasteiger partial charge in [-0.1, -0.05) is 41.9 Å². The summed E-state index contributed by atoms with van der Waals surface area (Å²) in [6.07, 6.45) is 1.70. The van der Waals surface area contributed by atoms with Gasteiger partial charge in [0.1, 0.15) is 5.75 Å². The number of esters is 1. The Morgan fingerprint density at radius 3 is 2.39 bits per heavy atom. The van der Waals surface area contributed by atoms with Gasteiger partial charge in [0, 0.05) is 28.9 Å². The molecule has 0 spiro atoms. The van der Waals surface area contributed by atoms with Crippen LogP contribution in [0.2, 0.25) is 5.02 Å². The molecule has 1 fully saturated rings. The molecule has 0 atom stereocenters. The van der Waals surface area contributed by atoms with E-state index in [1.807, 2.05) is 24.3 Å². The van der Waals surface area contributed by atoms with E-state index in [9.17, 15) is 13.2 Å². The van der Waals surface area contributed by atoms with Gasteiger partial charge in [0.25, 0.3) is 0 Å². The van der Waals surface area contributed by atoms with Crippen LogP contribution in [0.1, 0.15) is 23.2 Å². The smallest absolute Gasteiger partial charge is 0.343 e. The molecule has 5 nitrogen and oxygen atoms in total. The SMILES string of the molecule is O=C(Oc1ccc(Cl)c2ccccc12)c1cccc(S(=O)(=O)N2CCCC2)c1. The molecule has 0 aromatic heterocycles. The molecule has 1 saturated heterocycles. The molecular weight excluding hydrogens is 398 g/mol. The van der Waals surface area contributed by atoms with Gasteiger partial charge in [-0.2, -0.15) is 4.31 Å². The van der Waals surface area contributed by atoms with E-state index in [2.05, 4.69) is 0 Å². The van der Waals surface area contributed by atoms with Gasteiger partial charge >= 0.3 is 5.97 Å². The van der Waals surface area contributed by atoms with E-state index in [1.54, 1.807) is 24.3 Å². The summed E-state index contributed by atoms with van der Waals surface area (Å²) in [6.45, 7) is 1.02. The lowest BCUT2D eigenvalue weighted by Gasteiger charge is -2.16. The molecule has 3 aromatic rings. The molecule has 1 heterocycles. The van der Waals surface area contributed by atoms with Gasteiger partial charge in [0.05, 0.1) is 10.5 Å². The van der Waals surface area contributed by atoms with Gasteiger partial charge in [0.15, 0.2) is 0 Å². The minimum atomic E-state index is -3.60. The summed E-state index contributed by atoms with van der Waals surface area (Å²) in [5, 5.41) is 2.05. The van der Waals surface area contributed by atoms with Crippen LogP contribution in [0.5, 0.6) is 5.75 Å². The van der Waals surface area contributed by atoms with Crippen LogP contribution in [0.15, 0.2) is 65.6 Å². The van der Waals surface area contributed by atoms with E-state index >= 15 is 0 Å². The summed E-state index contributed by atoms with van der Waals surface area (Å²) in [6, 6.07) is 16.6. The maximum Gasteiger partial charge on any atom is 0.343 e. The fourth-order valence-corrected chi connectivity index (χ4v) is 5.13. The molecule has 7 heteroatoms. The first-order valence-corrected chi connectivity index (χ1v) is 10.8. The Morgan fingerprint density at radius 1 is 0.929 bits per heavy atom. The number of nitrogens with zero attached hydrogens (tertiary/aromatic N) is 1. The van der Waals surface area contributed by atoms with Crippen LogP contribution < -0.4 is 4.74 Å². The Hall–Kier alpha value is -2.41. The second-order valence-corrected chi connectivity index (χ2v) is 8.96. The number of benzene rings is 3. The molecule has 28 heavy (non-hydrogen) atoms. The summed E-state index contributed by atoms with van der Waals surface area (Å²) in [5.41, 5.74) is 0.180. The first-order chi connectivity index (χ1) is 13.5. The maximum atomic E-state index is 12.7. The number of rotatable bonds is 4. The Bertz CT molecular complexity index is 1150. The normalized spacial score (nSPS) is 15.0. The Kier molecular flexibility index (Phi) is 5.10. The van der Waals surface area contributed by atoms with Gasteiger partial charge in [-0.15, -0.1) is 0 Å². The van der Waals surface area contributed by atoms with E-state index in [1.165, 1.54) is 16.4 Å². The molecule has 4 rings (SSSR count). The third kappa shape index (κ3) is 3.51. The lowest BCUT2D eigenvalue weighted by Crippen LogP contribution is -2.28. The second-order valence-electron chi connectivity index (χ2n) is 6.62. The molecule has 0 amide bonds. The zero-order chi connectivity index (χ0) is 19.7. The maximum absolute atomic E-state index is 12.7. The highest BCUT2D eigenvalue weighted by Gasteiger charge is 2.27. The molecule has 0 saturated carbocycles. The number of hydrogen-bond acceptors (Lipinski definition) is 4. The van der Waals surface area contributed by atoms with Gasteiger partial charge in [-0.25, -0.2) is 13.2 Å². The Balaban J connectivity index is 1.64. The molecule has 0 unspecified atom stereocenters. The van der Waals surface area contributed by atoms with E-state index in [-0.39, 0.29) is 10.5 Å². The van der Waals surface area contributed by atoms with Gasteiger partial charge in [0.2, 0.25) is 10.0 Å². The van der Waals surface area contributed by atoms with Crippen LogP contribution in [0.25, 0.3) is 10.8 Å². The third-order valence-corrected chi connectivity index (χ3v) is 7.03. The monoisotopic (exact) mass is 415 g/mol. The van der Waals surface area contributed by atoms with E-state index in [4.69, 9.17) is 16.3 Å². The van der Waals surface area contributed by atoms with Crippen molar-refractivity contribution < 1.29 is 17.9 Å².